The predicted octanol–water partition coefficient (Wildman–Crippen LogP) is 0.445. The maximum atomic E-state index is 9.40. The van der Waals surface area contributed by atoms with Crippen LogP contribution in [0.3, 0.4) is 0 Å². The summed E-state index contributed by atoms with van der Waals surface area (Å²) in [7, 11) is 0. The topological polar surface area (TPSA) is 72.3 Å². The maximum absolute atomic E-state index is 9.40. The Labute approximate surface area is 65.0 Å². The first kappa shape index (κ1) is 8.23. The van der Waals surface area contributed by atoms with Crippen molar-refractivity contribution in [1.29, 1.82) is 0 Å². The third kappa shape index (κ3) is 1.78. The molecule has 4 heteroatoms. The Bertz CT molecular complexity index is 198. The molecule has 0 amide bonds. The Morgan fingerprint density at radius 1 is 1.82 bits per heavy atom. The highest BCUT2D eigenvalue weighted by Crippen LogP contribution is 2.14. The van der Waals surface area contributed by atoms with Crippen molar-refractivity contribution in [3.05, 3.63) is 18.4 Å². The molecule has 62 valence electrons. The Morgan fingerprint density at radius 2 is 2.55 bits per heavy atom. The number of nitrogens with two attached hydrogens (primary N) is 1. The average Bonchev–Trinajstić information content (AvgIpc) is 2.53. The smallest absolute Gasteiger partial charge is 0.224 e. The molecule has 0 radical (unpaired) electrons. The minimum atomic E-state index is -0.782. The van der Waals surface area contributed by atoms with Crippen LogP contribution in [0, 0.1) is 0 Å². The van der Waals surface area contributed by atoms with Crippen LogP contribution in [0.25, 0.3) is 0 Å². The van der Waals surface area contributed by atoms with Gasteiger partial charge < -0.3 is 15.3 Å². The van der Waals surface area contributed by atoms with Crippen LogP contribution in [0.1, 0.15) is 25.3 Å². The molecule has 0 aromatic carbocycles. The predicted molar refractivity (Wildman–Crippen MR) is 39.7 cm³/mol. The zero-order valence-corrected chi connectivity index (χ0v) is 6.40. The fourth-order valence-corrected chi connectivity index (χ4v) is 0.787. The van der Waals surface area contributed by atoms with Gasteiger partial charge >= 0.3 is 0 Å². The molecular weight excluding hydrogens is 144 g/mol. The molecular formula is C7H12N2O2. The van der Waals surface area contributed by atoms with Gasteiger partial charge in [-0.1, -0.05) is 6.92 Å². The molecule has 11 heavy (non-hydrogen) atoms. The molecule has 2 unspecified atom stereocenters. The van der Waals surface area contributed by atoms with Gasteiger partial charge in [0, 0.05) is 6.04 Å². The van der Waals surface area contributed by atoms with E-state index in [2.05, 4.69) is 4.98 Å². The third-order valence-corrected chi connectivity index (χ3v) is 1.58. The van der Waals surface area contributed by atoms with Crippen LogP contribution in [-0.2, 0) is 0 Å². The lowest BCUT2D eigenvalue weighted by atomic mass is 10.1. The molecule has 3 N–H and O–H groups in total. The van der Waals surface area contributed by atoms with Gasteiger partial charge in [-0.15, -0.1) is 0 Å². The molecule has 1 heterocycles. The maximum Gasteiger partial charge on any atom is 0.224 e. The standard InChI is InChI=1S/C7H12N2O2/c1-2-5(8)6(10)7-9-3-4-11-7/h3-6,10H,2,8H2,1H3. The number of nitrogens with zero attached hydrogens (tertiary/aromatic N) is 1. The molecule has 0 aliphatic heterocycles. The van der Waals surface area contributed by atoms with E-state index in [1.54, 1.807) is 0 Å². The Hall–Kier alpha value is -0.870. The molecule has 1 rings (SSSR count). The zero-order valence-electron chi connectivity index (χ0n) is 6.40. The molecule has 4 nitrogen and oxygen atoms in total. The zero-order chi connectivity index (χ0) is 8.27. The van der Waals surface area contributed by atoms with Gasteiger partial charge in [0.1, 0.15) is 12.4 Å². The van der Waals surface area contributed by atoms with Gasteiger partial charge in [-0.25, -0.2) is 4.98 Å². The molecule has 2 atom stereocenters. The first-order chi connectivity index (χ1) is 5.25. The van der Waals surface area contributed by atoms with E-state index in [4.69, 9.17) is 10.2 Å². The van der Waals surface area contributed by atoms with Crippen molar-refractivity contribution >= 4 is 0 Å². The van der Waals surface area contributed by atoms with E-state index in [0.29, 0.717) is 12.3 Å². The number of oxazole rings is 1. The van der Waals surface area contributed by atoms with E-state index >= 15 is 0 Å². The van der Waals surface area contributed by atoms with Gasteiger partial charge in [0.05, 0.1) is 6.20 Å². The molecule has 0 aliphatic carbocycles. The van der Waals surface area contributed by atoms with Crippen molar-refractivity contribution in [3.63, 3.8) is 0 Å². The number of rotatable bonds is 3. The Morgan fingerprint density at radius 3 is 3.00 bits per heavy atom. The number of hydrogen-bond donors (Lipinski definition) is 2. The van der Waals surface area contributed by atoms with Crippen LogP contribution in [-0.4, -0.2) is 16.1 Å². The number of hydrogen-bond acceptors (Lipinski definition) is 4. The minimum Gasteiger partial charge on any atom is -0.446 e. The summed E-state index contributed by atoms with van der Waals surface area (Å²) >= 11 is 0. The number of aliphatic hydroxyl groups excluding tert-OH is 1. The Kier molecular flexibility index (Phi) is 2.62. The quantitative estimate of drug-likeness (QED) is 0.666. The molecule has 0 saturated heterocycles. The van der Waals surface area contributed by atoms with Crippen molar-refractivity contribution in [2.75, 3.05) is 0 Å². The van der Waals surface area contributed by atoms with Gasteiger partial charge in [0.25, 0.3) is 0 Å². The van der Waals surface area contributed by atoms with Gasteiger partial charge in [0.15, 0.2) is 0 Å². The fourth-order valence-electron chi connectivity index (χ4n) is 0.787. The highest BCUT2D eigenvalue weighted by Gasteiger charge is 2.18. The van der Waals surface area contributed by atoms with E-state index in [-0.39, 0.29) is 6.04 Å². The van der Waals surface area contributed by atoms with Crippen LogP contribution in [0.5, 0.6) is 0 Å². The monoisotopic (exact) mass is 156 g/mol. The summed E-state index contributed by atoms with van der Waals surface area (Å²) < 4.78 is 4.88. The van der Waals surface area contributed by atoms with E-state index < -0.39 is 6.10 Å². The average molecular weight is 156 g/mol. The largest absolute Gasteiger partial charge is 0.446 e. The van der Waals surface area contributed by atoms with E-state index in [9.17, 15) is 5.11 Å². The van der Waals surface area contributed by atoms with Gasteiger partial charge in [-0.3, -0.25) is 0 Å². The second-order valence-corrected chi connectivity index (χ2v) is 2.39. The summed E-state index contributed by atoms with van der Waals surface area (Å²) in [6, 6.07) is -0.298. The number of aliphatic hydroxyl groups is 1. The molecule has 0 bridgehead atoms. The Balaban J connectivity index is 2.62. The van der Waals surface area contributed by atoms with Crippen molar-refractivity contribution in [1.82, 2.24) is 4.98 Å². The van der Waals surface area contributed by atoms with Crippen LogP contribution >= 0.6 is 0 Å². The first-order valence-corrected chi connectivity index (χ1v) is 3.58. The summed E-state index contributed by atoms with van der Waals surface area (Å²) in [6.45, 7) is 1.90. The molecule has 1 aromatic rings. The lowest BCUT2D eigenvalue weighted by molar-refractivity contribution is 0.113. The summed E-state index contributed by atoms with van der Waals surface area (Å²) in [6.07, 6.45) is 2.82. The minimum absolute atomic E-state index is 0.291. The second kappa shape index (κ2) is 3.50. The third-order valence-electron chi connectivity index (χ3n) is 1.58. The van der Waals surface area contributed by atoms with Gasteiger partial charge in [0.2, 0.25) is 5.89 Å². The first-order valence-electron chi connectivity index (χ1n) is 3.58. The molecule has 1 aromatic heterocycles. The summed E-state index contributed by atoms with van der Waals surface area (Å²) in [4.78, 5) is 3.79. The van der Waals surface area contributed by atoms with Gasteiger partial charge in [-0.05, 0) is 6.42 Å². The van der Waals surface area contributed by atoms with Crippen LogP contribution in [0.4, 0.5) is 0 Å². The van der Waals surface area contributed by atoms with Crippen molar-refractivity contribution < 1.29 is 9.52 Å². The molecule has 0 fully saturated rings. The van der Waals surface area contributed by atoms with Gasteiger partial charge in [-0.2, -0.15) is 0 Å². The van der Waals surface area contributed by atoms with E-state index in [0.717, 1.165) is 0 Å². The summed E-state index contributed by atoms with van der Waals surface area (Å²) in [5.41, 5.74) is 5.56. The SMILES string of the molecule is CCC(N)C(O)c1ncco1. The number of aromatic nitrogens is 1. The summed E-state index contributed by atoms with van der Waals surface area (Å²) in [5.74, 6) is 0.291. The summed E-state index contributed by atoms with van der Waals surface area (Å²) in [5, 5.41) is 9.40. The molecule has 0 spiro atoms. The van der Waals surface area contributed by atoms with E-state index in [1.807, 2.05) is 6.92 Å². The van der Waals surface area contributed by atoms with Crippen LogP contribution < -0.4 is 5.73 Å². The fraction of sp³-hybridized carbons (Fsp3) is 0.571. The second-order valence-electron chi connectivity index (χ2n) is 2.39. The van der Waals surface area contributed by atoms with Crippen molar-refractivity contribution in [3.8, 4) is 0 Å². The lowest BCUT2D eigenvalue weighted by Gasteiger charge is -2.12. The highest BCUT2D eigenvalue weighted by atomic mass is 16.4. The normalized spacial score (nSPS) is 16.3. The highest BCUT2D eigenvalue weighted by molar-refractivity contribution is 4.90. The van der Waals surface area contributed by atoms with Crippen LogP contribution in [0.2, 0.25) is 0 Å². The molecule has 0 saturated carbocycles. The molecule has 0 aliphatic rings. The van der Waals surface area contributed by atoms with E-state index in [1.165, 1.54) is 12.5 Å². The lowest BCUT2D eigenvalue weighted by Crippen LogP contribution is -2.27. The van der Waals surface area contributed by atoms with Crippen molar-refractivity contribution in [2.45, 2.75) is 25.5 Å². The van der Waals surface area contributed by atoms with Crippen molar-refractivity contribution in [2.24, 2.45) is 5.73 Å². The van der Waals surface area contributed by atoms with Crippen LogP contribution in [0.15, 0.2) is 16.9 Å².